The summed E-state index contributed by atoms with van der Waals surface area (Å²) in [7, 11) is 0. The van der Waals surface area contributed by atoms with E-state index in [1.54, 1.807) is 0 Å². The zero-order valence-electron chi connectivity index (χ0n) is 27.8. The van der Waals surface area contributed by atoms with Gasteiger partial charge in [0.25, 0.3) is 0 Å². The predicted octanol–water partition coefficient (Wildman–Crippen LogP) is 13.1. The van der Waals surface area contributed by atoms with Gasteiger partial charge in [-0.2, -0.15) is 0 Å². The van der Waals surface area contributed by atoms with E-state index in [9.17, 15) is 0 Å². The molecule has 2 aliphatic carbocycles. The molecule has 1 heterocycles. The van der Waals surface area contributed by atoms with Gasteiger partial charge in [-0.25, -0.2) is 0 Å². The number of hydrogen-bond acceptors (Lipinski definition) is 2. The lowest BCUT2D eigenvalue weighted by Crippen LogP contribution is -2.26. The van der Waals surface area contributed by atoms with E-state index in [4.69, 9.17) is 4.42 Å². The molecule has 1 spiro atoms. The molecule has 0 radical (unpaired) electrons. The number of rotatable bonds is 4. The molecule has 0 unspecified atom stereocenters. The quantitative estimate of drug-likeness (QED) is 0.189. The van der Waals surface area contributed by atoms with E-state index in [-0.39, 0.29) is 0 Å². The van der Waals surface area contributed by atoms with E-state index in [2.05, 4.69) is 193 Å². The van der Waals surface area contributed by atoms with Crippen molar-refractivity contribution in [1.29, 1.82) is 0 Å². The van der Waals surface area contributed by atoms with E-state index in [1.807, 2.05) is 0 Å². The molecule has 9 aromatic rings. The summed E-state index contributed by atoms with van der Waals surface area (Å²) >= 11 is 0. The zero-order chi connectivity index (χ0) is 33.5. The van der Waals surface area contributed by atoms with Gasteiger partial charge in [0.2, 0.25) is 0 Å². The standard InChI is InChI=1S/C49H31NO/c1-2-15-35(16-3-1)50(37-30-25-32-13-4-5-14-34(32)31-37)36-28-26-33(27-29-36)38-20-12-21-42-46-41-19-8-11-24-45(41)51-48(46)49(47(38)42)43-22-9-6-17-39(43)40-18-7-10-23-44(40)49/h1-31H. The molecule has 0 saturated heterocycles. The first kappa shape index (κ1) is 28.2. The largest absolute Gasteiger partial charge is 0.459 e. The fourth-order valence-electron chi connectivity index (χ4n) is 8.97. The molecule has 0 saturated carbocycles. The third kappa shape index (κ3) is 3.87. The van der Waals surface area contributed by atoms with Crippen LogP contribution in [0.5, 0.6) is 0 Å². The normalized spacial score (nSPS) is 13.3. The Labute approximate surface area is 296 Å². The van der Waals surface area contributed by atoms with Crippen molar-refractivity contribution in [3.8, 4) is 33.4 Å². The lowest BCUT2D eigenvalue weighted by molar-refractivity contribution is 0.507. The van der Waals surface area contributed by atoms with Gasteiger partial charge in [-0.15, -0.1) is 0 Å². The number of nitrogens with zero attached hydrogens (tertiary/aromatic N) is 1. The number of para-hydroxylation sites is 2. The van der Waals surface area contributed by atoms with Crippen LogP contribution in [0.15, 0.2) is 192 Å². The van der Waals surface area contributed by atoms with Gasteiger partial charge in [0.05, 0.1) is 0 Å². The van der Waals surface area contributed by atoms with Gasteiger partial charge in [0.1, 0.15) is 16.8 Å². The van der Waals surface area contributed by atoms with Crippen LogP contribution in [0, 0.1) is 0 Å². The number of benzene rings is 8. The van der Waals surface area contributed by atoms with Crippen LogP contribution in [0.3, 0.4) is 0 Å². The minimum atomic E-state index is -0.576. The maximum atomic E-state index is 7.01. The first-order valence-electron chi connectivity index (χ1n) is 17.6. The van der Waals surface area contributed by atoms with Crippen LogP contribution in [-0.2, 0) is 5.41 Å². The average Bonchev–Trinajstić information content (AvgIpc) is 3.82. The molecular formula is C49H31NO. The third-order valence-corrected chi connectivity index (χ3v) is 11.0. The van der Waals surface area contributed by atoms with Gasteiger partial charge in [-0.05, 0) is 97.7 Å². The number of fused-ring (bicyclic) bond motifs is 13. The van der Waals surface area contributed by atoms with Crippen molar-refractivity contribution in [3.05, 3.63) is 211 Å². The van der Waals surface area contributed by atoms with E-state index < -0.39 is 5.41 Å². The van der Waals surface area contributed by atoms with Crippen LogP contribution in [0.25, 0.3) is 55.1 Å². The van der Waals surface area contributed by atoms with Gasteiger partial charge in [0.15, 0.2) is 0 Å². The van der Waals surface area contributed by atoms with Crippen molar-refractivity contribution >= 4 is 38.8 Å². The highest BCUT2D eigenvalue weighted by molar-refractivity contribution is 6.06. The fourth-order valence-corrected chi connectivity index (χ4v) is 8.97. The molecule has 2 nitrogen and oxygen atoms in total. The summed E-state index contributed by atoms with van der Waals surface area (Å²) in [5.41, 5.74) is 14.9. The van der Waals surface area contributed by atoms with Gasteiger partial charge in [-0.1, -0.05) is 146 Å². The first-order chi connectivity index (χ1) is 25.3. The second-order valence-electron chi connectivity index (χ2n) is 13.6. The van der Waals surface area contributed by atoms with Crippen molar-refractivity contribution in [2.24, 2.45) is 0 Å². The molecular weight excluding hydrogens is 619 g/mol. The van der Waals surface area contributed by atoms with Gasteiger partial charge in [-0.3, -0.25) is 0 Å². The highest BCUT2D eigenvalue weighted by Gasteiger charge is 2.56. The average molecular weight is 650 g/mol. The molecule has 0 fully saturated rings. The number of hydrogen-bond donors (Lipinski definition) is 0. The van der Waals surface area contributed by atoms with Crippen molar-refractivity contribution in [1.82, 2.24) is 0 Å². The van der Waals surface area contributed by atoms with Gasteiger partial charge >= 0.3 is 0 Å². The molecule has 0 N–H and O–H groups in total. The van der Waals surface area contributed by atoms with Gasteiger partial charge in [0, 0.05) is 28.0 Å². The summed E-state index contributed by atoms with van der Waals surface area (Å²) in [6.07, 6.45) is 0. The molecule has 0 amide bonds. The van der Waals surface area contributed by atoms with Crippen LogP contribution in [0.1, 0.15) is 22.5 Å². The highest BCUT2D eigenvalue weighted by Crippen LogP contribution is 2.66. The minimum absolute atomic E-state index is 0.576. The summed E-state index contributed by atoms with van der Waals surface area (Å²) in [4.78, 5) is 2.34. The predicted molar refractivity (Wildman–Crippen MR) is 210 cm³/mol. The molecule has 51 heavy (non-hydrogen) atoms. The van der Waals surface area contributed by atoms with Crippen molar-refractivity contribution in [3.63, 3.8) is 0 Å². The summed E-state index contributed by atoms with van der Waals surface area (Å²) < 4.78 is 7.01. The monoisotopic (exact) mass is 649 g/mol. The van der Waals surface area contributed by atoms with E-state index in [0.717, 1.165) is 33.8 Å². The van der Waals surface area contributed by atoms with E-state index in [0.29, 0.717) is 0 Å². The Hall–Kier alpha value is -6.64. The summed E-state index contributed by atoms with van der Waals surface area (Å²) in [5, 5.41) is 3.62. The lowest BCUT2D eigenvalue weighted by Gasteiger charge is -2.30. The maximum absolute atomic E-state index is 7.01. The van der Waals surface area contributed by atoms with Gasteiger partial charge < -0.3 is 9.32 Å². The Morgan fingerprint density at radius 3 is 1.78 bits per heavy atom. The molecule has 0 atom stereocenters. The Morgan fingerprint density at radius 2 is 1.00 bits per heavy atom. The molecule has 0 bridgehead atoms. The second kappa shape index (κ2) is 10.7. The lowest BCUT2D eigenvalue weighted by atomic mass is 9.71. The third-order valence-electron chi connectivity index (χ3n) is 11.0. The minimum Gasteiger partial charge on any atom is -0.459 e. The molecule has 0 aliphatic heterocycles. The Balaban J connectivity index is 1.14. The van der Waals surface area contributed by atoms with Crippen LogP contribution < -0.4 is 4.90 Å². The van der Waals surface area contributed by atoms with Crippen LogP contribution >= 0.6 is 0 Å². The second-order valence-corrected chi connectivity index (χ2v) is 13.6. The Morgan fingerprint density at radius 1 is 0.412 bits per heavy atom. The maximum Gasteiger partial charge on any atom is 0.135 e. The Bertz CT molecular complexity index is 2760. The SMILES string of the molecule is c1ccc(N(c2ccc(-c3cccc4c3C3(c5ccccc5-c5ccccc53)c3oc5ccccc5c3-4)cc2)c2ccc3ccccc3c2)cc1. The van der Waals surface area contributed by atoms with Crippen molar-refractivity contribution in [2.75, 3.05) is 4.90 Å². The van der Waals surface area contributed by atoms with Crippen molar-refractivity contribution < 1.29 is 4.42 Å². The smallest absolute Gasteiger partial charge is 0.135 e. The zero-order valence-corrected chi connectivity index (χ0v) is 27.8. The van der Waals surface area contributed by atoms with E-state index >= 15 is 0 Å². The van der Waals surface area contributed by atoms with E-state index in [1.165, 1.54) is 60.8 Å². The molecule has 2 aliphatic rings. The first-order valence-corrected chi connectivity index (χ1v) is 17.6. The highest BCUT2D eigenvalue weighted by atomic mass is 16.3. The molecule has 1 aromatic heterocycles. The number of anilines is 3. The fraction of sp³-hybridized carbons (Fsp3) is 0.0204. The summed E-state index contributed by atoms with van der Waals surface area (Å²) in [6, 6.07) is 68.1. The van der Waals surface area contributed by atoms with Crippen LogP contribution in [0.4, 0.5) is 17.1 Å². The molecule has 8 aromatic carbocycles. The number of furan rings is 1. The molecule has 2 heteroatoms. The topological polar surface area (TPSA) is 16.4 Å². The molecule has 11 rings (SSSR count). The van der Waals surface area contributed by atoms with Crippen molar-refractivity contribution in [2.45, 2.75) is 5.41 Å². The summed E-state index contributed by atoms with van der Waals surface area (Å²) in [6.45, 7) is 0. The van der Waals surface area contributed by atoms with Crippen LogP contribution in [-0.4, -0.2) is 0 Å². The Kier molecular flexibility index (Phi) is 5.91. The summed E-state index contributed by atoms with van der Waals surface area (Å²) in [5.74, 6) is 1.02. The molecule has 238 valence electrons. The van der Waals surface area contributed by atoms with Crippen LogP contribution in [0.2, 0.25) is 0 Å².